The van der Waals surface area contributed by atoms with Crippen molar-refractivity contribution in [2.24, 2.45) is 0 Å². The Bertz CT molecular complexity index is 715. The molecule has 1 unspecified atom stereocenters. The summed E-state index contributed by atoms with van der Waals surface area (Å²) in [6.07, 6.45) is 0.301. The van der Waals surface area contributed by atoms with E-state index in [2.05, 4.69) is 5.32 Å². The molecule has 2 aromatic carbocycles. The summed E-state index contributed by atoms with van der Waals surface area (Å²) in [6, 6.07) is 16.2. The molecule has 5 nitrogen and oxygen atoms in total. The first kappa shape index (κ1) is 15.1. The Morgan fingerprint density at radius 2 is 1.96 bits per heavy atom. The highest BCUT2D eigenvalue weighted by molar-refractivity contribution is 5.99. The van der Waals surface area contributed by atoms with Gasteiger partial charge in [-0.05, 0) is 24.3 Å². The number of carbonyl (C=O) groups excluding carboxylic acids is 2. The first-order valence-electron chi connectivity index (χ1n) is 7.47. The highest BCUT2D eigenvalue weighted by Crippen LogP contribution is 2.25. The van der Waals surface area contributed by atoms with Crippen LogP contribution >= 0.6 is 0 Å². The zero-order valence-electron chi connectivity index (χ0n) is 12.9. The van der Waals surface area contributed by atoms with Crippen LogP contribution in [0, 0.1) is 0 Å². The van der Waals surface area contributed by atoms with Crippen molar-refractivity contribution in [3.05, 3.63) is 60.2 Å². The quantitative estimate of drug-likeness (QED) is 0.942. The van der Waals surface area contributed by atoms with Crippen molar-refractivity contribution in [2.45, 2.75) is 12.5 Å². The average Bonchev–Trinajstić information content (AvgIpc) is 2.96. The Labute approximate surface area is 134 Å². The molecule has 1 heterocycles. The maximum atomic E-state index is 12.2. The molecule has 1 fully saturated rings. The van der Waals surface area contributed by atoms with E-state index in [9.17, 15) is 9.59 Å². The summed E-state index contributed by atoms with van der Waals surface area (Å²) >= 11 is 0. The zero-order valence-corrected chi connectivity index (χ0v) is 12.9. The number of anilines is 1. The van der Waals surface area contributed by atoms with Crippen molar-refractivity contribution in [1.29, 1.82) is 0 Å². The number of methoxy groups -OCH3 is 1. The molecule has 0 aliphatic carbocycles. The summed E-state index contributed by atoms with van der Waals surface area (Å²) in [7, 11) is 1.59. The predicted molar refractivity (Wildman–Crippen MR) is 87.7 cm³/mol. The fraction of sp³-hybridized carbons (Fsp3) is 0.222. The molecule has 5 heteroatoms. The maximum Gasteiger partial charge on any atom is 0.251 e. The summed E-state index contributed by atoms with van der Waals surface area (Å²) in [6.45, 7) is 0.463. The minimum Gasteiger partial charge on any atom is -0.497 e. The first-order valence-corrected chi connectivity index (χ1v) is 7.47. The Hall–Kier alpha value is -2.82. The highest BCUT2D eigenvalue weighted by atomic mass is 16.5. The third kappa shape index (κ3) is 3.34. The molecule has 0 bridgehead atoms. The van der Waals surface area contributed by atoms with Crippen molar-refractivity contribution in [3.63, 3.8) is 0 Å². The monoisotopic (exact) mass is 310 g/mol. The van der Waals surface area contributed by atoms with Gasteiger partial charge >= 0.3 is 0 Å². The zero-order chi connectivity index (χ0) is 16.2. The van der Waals surface area contributed by atoms with E-state index < -0.39 is 0 Å². The lowest BCUT2D eigenvalue weighted by atomic mass is 10.2. The Balaban J connectivity index is 1.69. The van der Waals surface area contributed by atoms with Crippen LogP contribution in [-0.4, -0.2) is 31.5 Å². The normalized spacial score (nSPS) is 17.2. The molecular weight excluding hydrogens is 292 g/mol. The molecule has 1 aliphatic rings. The number of nitrogens with zero attached hydrogens (tertiary/aromatic N) is 1. The van der Waals surface area contributed by atoms with E-state index in [-0.39, 0.29) is 17.9 Å². The minimum atomic E-state index is -0.193. The number of hydrogen-bond acceptors (Lipinski definition) is 3. The Kier molecular flexibility index (Phi) is 4.28. The number of rotatable bonds is 4. The predicted octanol–water partition coefficient (Wildman–Crippen LogP) is 2.23. The maximum absolute atomic E-state index is 12.2. The molecule has 118 valence electrons. The summed E-state index contributed by atoms with van der Waals surface area (Å²) < 4.78 is 5.19. The molecule has 1 atom stereocenters. The van der Waals surface area contributed by atoms with Crippen molar-refractivity contribution in [1.82, 2.24) is 5.32 Å². The van der Waals surface area contributed by atoms with Crippen LogP contribution < -0.4 is 15.0 Å². The molecule has 2 aromatic rings. The van der Waals surface area contributed by atoms with Gasteiger partial charge in [0.25, 0.3) is 5.91 Å². The number of nitrogens with one attached hydrogen (secondary N) is 1. The highest BCUT2D eigenvalue weighted by Gasteiger charge is 2.31. The summed E-state index contributed by atoms with van der Waals surface area (Å²) in [5, 5.41) is 2.92. The second-order valence-electron chi connectivity index (χ2n) is 5.45. The molecule has 1 saturated heterocycles. The van der Waals surface area contributed by atoms with Crippen LogP contribution in [0.2, 0.25) is 0 Å². The molecule has 0 aromatic heterocycles. The van der Waals surface area contributed by atoms with E-state index in [1.807, 2.05) is 42.5 Å². The van der Waals surface area contributed by atoms with Gasteiger partial charge in [-0.15, -0.1) is 0 Å². The van der Waals surface area contributed by atoms with Crippen molar-refractivity contribution in [3.8, 4) is 5.75 Å². The van der Waals surface area contributed by atoms with Crippen molar-refractivity contribution < 1.29 is 14.3 Å². The van der Waals surface area contributed by atoms with E-state index in [1.165, 1.54) is 0 Å². The van der Waals surface area contributed by atoms with Crippen LogP contribution in [0.1, 0.15) is 16.8 Å². The van der Waals surface area contributed by atoms with Crippen molar-refractivity contribution in [2.75, 3.05) is 18.6 Å². The second kappa shape index (κ2) is 6.52. The molecular formula is C18H18N2O3. The summed E-state index contributed by atoms with van der Waals surface area (Å²) in [4.78, 5) is 26.1. The van der Waals surface area contributed by atoms with Gasteiger partial charge in [0, 0.05) is 30.3 Å². The molecule has 0 spiro atoms. The van der Waals surface area contributed by atoms with Crippen LogP contribution in [0.15, 0.2) is 54.6 Å². The van der Waals surface area contributed by atoms with E-state index in [0.29, 0.717) is 24.3 Å². The minimum absolute atomic E-state index is 0.00313. The second-order valence-corrected chi connectivity index (χ2v) is 5.45. The van der Waals surface area contributed by atoms with Crippen LogP contribution in [0.5, 0.6) is 5.75 Å². The smallest absolute Gasteiger partial charge is 0.251 e. The summed E-state index contributed by atoms with van der Waals surface area (Å²) in [5.74, 6) is 0.541. The van der Waals surface area contributed by atoms with Gasteiger partial charge in [0.15, 0.2) is 0 Å². The largest absolute Gasteiger partial charge is 0.497 e. The van der Waals surface area contributed by atoms with Gasteiger partial charge < -0.3 is 15.0 Å². The van der Waals surface area contributed by atoms with Crippen LogP contribution in [-0.2, 0) is 4.79 Å². The van der Waals surface area contributed by atoms with E-state index in [1.54, 1.807) is 24.1 Å². The molecule has 0 saturated carbocycles. The van der Waals surface area contributed by atoms with Crippen LogP contribution in [0.3, 0.4) is 0 Å². The Morgan fingerprint density at radius 3 is 2.70 bits per heavy atom. The van der Waals surface area contributed by atoms with Crippen LogP contribution in [0.25, 0.3) is 0 Å². The lowest BCUT2D eigenvalue weighted by molar-refractivity contribution is -0.117. The van der Waals surface area contributed by atoms with Gasteiger partial charge in [0.1, 0.15) is 5.75 Å². The van der Waals surface area contributed by atoms with Crippen molar-refractivity contribution >= 4 is 17.5 Å². The van der Waals surface area contributed by atoms with E-state index in [0.717, 1.165) is 5.69 Å². The standard InChI is InChI=1S/C18H18N2O3/c1-23-16-9-5-8-15(11-16)20-12-14(10-17(20)21)19-18(22)13-6-3-2-4-7-13/h2-9,11,14H,10,12H2,1H3,(H,19,22). The van der Waals surface area contributed by atoms with E-state index in [4.69, 9.17) is 4.74 Å². The molecule has 2 amide bonds. The van der Waals surface area contributed by atoms with E-state index >= 15 is 0 Å². The SMILES string of the molecule is COc1cccc(N2CC(NC(=O)c3ccccc3)CC2=O)c1. The third-order valence-corrected chi connectivity index (χ3v) is 3.86. The van der Waals surface area contributed by atoms with Gasteiger partial charge in [-0.2, -0.15) is 0 Å². The number of amides is 2. The molecule has 1 aliphatic heterocycles. The third-order valence-electron chi connectivity index (χ3n) is 3.86. The first-order chi connectivity index (χ1) is 11.2. The fourth-order valence-electron chi connectivity index (χ4n) is 2.69. The molecule has 23 heavy (non-hydrogen) atoms. The Morgan fingerprint density at radius 1 is 1.17 bits per heavy atom. The number of ether oxygens (including phenoxy) is 1. The van der Waals surface area contributed by atoms with Crippen LogP contribution in [0.4, 0.5) is 5.69 Å². The molecule has 0 radical (unpaired) electrons. The topological polar surface area (TPSA) is 58.6 Å². The molecule has 3 rings (SSSR count). The number of carbonyl (C=O) groups is 2. The van der Waals surface area contributed by atoms with Gasteiger partial charge in [-0.25, -0.2) is 0 Å². The lowest BCUT2D eigenvalue weighted by Crippen LogP contribution is -2.37. The van der Waals surface area contributed by atoms with Gasteiger partial charge in [-0.3, -0.25) is 9.59 Å². The summed E-state index contributed by atoms with van der Waals surface area (Å²) in [5.41, 5.74) is 1.38. The number of hydrogen-bond donors (Lipinski definition) is 1. The van der Waals surface area contributed by atoms with Gasteiger partial charge in [0.2, 0.25) is 5.91 Å². The number of benzene rings is 2. The average molecular weight is 310 g/mol. The fourth-order valence-corrected chi connectivity index (χ4v) is 2.69. The van der Waals surface area contributed by atoms with Gasteiger partial charge in [-0.1, -0.05) is 24.3 Å². The van der Waals surface area contributed by atoms with Gasteiger partial charge in [0.05, 0.1) is 13.2 Å². The molecule has 1 N–H and O–H groups in total. The lowest BCUT2D eigenvalue weighted by Gasteiger charge is -2.18.